The van der Waals surface area contributed by atoms with Crippen LogP contribution in [0, 0.1) is 5.92 Å². The summed E-state index contributed by atoms with van der Waals surface area (Å²) in [5.41, 5.74) is -0.394. The third kappa shape index (κ3) is 2.94. The molecule has 0 bridgehead atoms. The van der Waals surface area contributed by atoms with Gasteiger partial charge in [0.15, 0.2) is 5.82 Å². The molecule has 0 saturated carbocycles. The molecular formula is C9H14ClN3O2. The number of anilines is 1. The maximum Gasteiger partial charge on any atom is 0.271 e. The van der Waals surface area contributed by atoms with Crippen molar-refractivity contribution in [3.63, 3.8) is 0 Å². The number of aliphatic hydroxyl groups excluding tert-OH is 1. The Morgan fingerprint density at radius 1 is 1.67 bits per heavy atom. The van der Waals surface area contributed by atoms with Crippen LogP contribution in [0.3, 0.4) is 0 Å². The van der Waals surface area contributed by atoms with Crippen molar-refractivity contribution in [1.82, 2.24) is 9.97 Å². The third-order valence-electron chi connectivity index (χ3n) is 2.12. The molecule has 1 aromatic rings. The summed E-state index contributed by atoms with van der Waals surface area (Å²) in [5.74, 6) is 0.514. The highest BCUT2D eigenvalue weighted by atomic mass is 35.5. The molecule has 1 atom stereocenters. The van der Waals surface area contributed by atoms with E-state index in [0.29, 0.717) is 5.82 Å². The van der Waals surface area contributed by atoms with E-state index >= 15 is 0 Å². The second-order valence-corrected chi connectivity index (χ2v) is 3.95. The molecule has 15 heavy (non-hydrogen) atoms. The molecule has 0 saturated heterocycles. The lowest BCUT2D eigenvalue weighted by Gasteiger charge is -2.20. The zero-order chi connectivity index (χ0) is 11.4. The van der Waals surface area contributed by atoms with Crippen molar-refractivity contribution in [1.29, 1.82) is 0 Å². The van der Waals surface area contributed by atoms with E-state index in [1.54, 1.807) is 0 Å². The van der Waals surface area contributed by atoms with E-state index in [4.69, 9.17) is 16.7 Å². The van der Waals surface area contributed by atoms with Crippen molar-refractivity contribution in [2.45, 2.75) is 19.9 Å². The lowest BCUT2D eigenvalue weighted by atomic mass is 10.1. The highest BCUT2D eigenvalue weighted by Crippen LogP contribution is 2.15. The summed E-state index contributed by atoms with van der Waals surface area (Å²) in [5, 5.41) is 12.0. The maximum absolute atomic E-state index is 11.1. The van der Waals surface area contributed by atoms with Crippen LogP contribution in [0.4, 0.5) is 5.82 Å². The maximum atomic E-state index is 11.1. The number of aromatic nitrogens is 2. The molecule has 0 aromatic carbocycles. The van der Waals surface area contributed by atoms with Gasteiger partial charge in [-0.1, -0.05) is 25.4 Å². The Bertz CT molecular complexity index is 378. The van der Waals surface area contributed by atoms with Gasteiger partial charge in [0, 0.05) is 0 Å². The fourth-order valence-corrected chi connectivity index (χ4v) is 1.24. The molecule has 0 fully saturated rings. The van der Waals surface area contributed by atoms with E-state index < -0.39 is 5.56 Å². The minimum Gasteiger partial charge on any atom is -0.394 e. The normalized spacial score (nSPS) is 12.9. The van der Waals surface area contributed by atoms with Gasteiger partial charge in [-0.3, -0.25) is 4.79 Å². The van der Waals surface area contributed by atoms with Gasteiger partial charge < -0.3 is 15.4 Å². The second-order valence-electron chi connectivity index (χ2n) is 3.57. The zero-order valence-electron chi connectivity index (χ0n) is 8.62. The van der Waals surface area contributed by atoms with Crippen LogP contribution >= 0.6 is 11.6 Å². The van der Waals surface area contributed by atoms with Gasteiger partial charge in [0.2, 0.25) is 0 Å². The SMILES string of the molecule is CC(C)[C@@H](CO)Nc1nc[nH]c(=O)c1Cl. The van der Waals surface area contributed by atoms with Gasteiger partial charge in [-0.05, 0) is 5.92 Å². The van der Waals surface area contributed by atoms with E-state index in [2.05, 4.69) is 15.3 Å². The largest absolute Gasteiger partial charge is 0.394 e. The molecule has 0 radical (unpaired) electrons. The molecule has 6 heteroatoms. The number of aromatic amines is 1. The van der Waals surface area contributed by atoms with Gasteiger partial charge >= 0.3 is 0 Å². The smallest absolute Gasteiger partial charge is 0.271 e. The fraction of sp³-hybridized carbons (Fsp3) is 0.556. The summed E-state index contributed by atoms with van der Waals surface area (Å²) in [4.78, 5) is 17.4. The van der Waals surface area contributed by atoms with Crippen LogP contribution in [0.2, 0.25) is 5.02 Å². The first-order chi connectivity index (χ1) is 7.06. The number of hydrogen-bond donors (Lipinski definition) is 3. The molecule has 0 aliphatic rings. The third-order valence-corrected chi connectivity index (χ3v) is 2.47. The molecule has 0 aliphatic carbocycles. The Hall–Kier alpha value is -1.07. The Labute approximate surface area is 92.5 Å². The van der Waals surface area contributed by atoms with Crippen LogP contribution in [0.1, 0.15) is 13.8 Å². The van der Waals surface area contributed by atoms with E-state index in [0.717, 1.165) is 0 Å². The molecule has 3 N–H and O–H groups in total. The Kier molecular flexibility index (Phi) is 4.11. The van der Waals surface area contributed by atoms with Gasteiger partial charge in [-0.25, -0.2) is 4.98 Å². The number of halogens is 1. The highest BCUT2D eigenvalue weighted by molar-refractivity contribution is 6.32. The van der Waals surface area contributed by atoms with E-state index in [1.165, 1.54) is 6.33 Å². The summed E-state index contributed by atoms with van der Waals surface area (Å²) in [7, 11) is 0. The highest BCUT2D eigenvalue weighted by Gasteiger charge is 2.15. The minimum absolute atomic E-state index is 0.0107. The van der Waals surface area contributed by atoms with Crippen LogP contribution < -0.4 is 10.9 Å². The van der Waals surface area contributed by atoms with Crippen molar-refractivity contribution in [2.24, 2.45) is 5.92 Å². The van der Waals surface area contributed by atoms with Crippen molar-refractivity contribution >= 4 is 17.4 Å². The predicted octanol–water partition coefficient (Wildman–Crippen LogP) is 0.852. The number of rotatable bonds is 4. The number of H-pyrrole nitrogens is 1. The minimum atomic E-state index is -0.394. The molecule has 5 nitrogen and oxygen atoms in total. The van der Waals surface area contributed by atoms with Crippen molar-refractivity contribution < 1.29 is 5.11 Å². The molecule has 0 spiro atoms. The average Bonchev–Trinajstić information content (AvgIpc) is 2.19. The molecular weight excluding hydrogens is 218 g/mol. The van der Waals surface area contributed by atoms with Crippen LogP contribution in [0.15, 0.2) is 11.1 Å². The van der Waals surface area contributed by atoms with Crippen molar-refractivity contribution in [3.05, 3.63) is 21.7 Å². The first-order valence-corrected chi connectivity index (χ1v) is 5.04. The van der Waals surface area contributed by atoms with Gasteiger partial charge in [-0.2, -0.15) is 0 Å². The number of nitrogens with one attached hydrogen (secondary N) is 2. The van der Waals surface area contributed by atoms with Crippen LogP contribution in [-0.4, -0.2) is 27.7 Å². The fourth-order valence-electron chi connectivity index (χ4n) is 1.08. The zero-order valence-corrected chi connectivity index (χ0v) is 9.38. The van der Waals surface area contributed by atoms with Gasteiger partial charge in [0.25, 0.3) is 5.56 Å². The predicted molar refractivity (Wildman–Crippen MR) is 59.2 cm³/mol. The van der Waals surface area contributed by atoms with Crippen LogP contribution in [-0.2, 0) is 0 Å². The lowest BCUT2D eigenvalue weighted by Crippen LogP contribution is -2.30. The molecule has 1 rings (SSSR count). The van der Waals surface area contributed by atoms with Gasteiger partial charge in [-0.15, -0.1) is 0 Å². The summed E-state index contributed by atoms with van der Waals surface area (Å²) in [6.07, 6.45) is 1.27. The van der Waals surface area contributed by atoms with E-state index in [1.807, 2.05) is 13.8 Å². The van der Waals surface area contributed by atoms with E-state index in [-0.39, 0.29) is 23.6 Å². The molecule has 1 heterocycles. The van der Waals surface area contributed by atoms with Crippen molar-refractivity contribution in [3.8, 4) is 0 Å². The quantitative estimate of drug-likeness (QED) is 0.718. The Morgan fingerprint density at radius 3 is 2.87 bits per heavy atom. The lowest BCUT2D eigenvalue weighted by molar-refractivity contribution is 0.249. The van der Waals surface area contributed by atoms with Crippen LogP contribution in [0.25, 0.3) is 0 Å². The summed E-state index contributed by atoms with van der Waals surface area (Å²) >= 11 is 5.75. The summed E-state index contributed by atoms with van der Waals surface area (Å²) in [6.45, 7) is 3.87. The standard InChI is InChI=1S/C9H14ClN3O2/c1-5(2)6(3-14)13-8-7(10)9(15)12-4-11-8/h4-6,14H,3H2,1-2H3,(H2,11,12,13,15)/t6-/m1/s1. The Balaban J connectivity index is 2.88. The van der Waals surface area contributed by atoms with Crippen molar-refractivity contribution in [2.75, 3.05) is 11.9 Å². The van der Waals surface area contributed by atoms with Gasteiger partial charge in [0.05, 0.1) is 19.0 Å². The monoisotopic (exact) mass is 231 g/mol. The Morgan fingerprint density at radius 2 is 2.33 bits per heavy atom. The summed E-state index contributed by atoms with van der Waals surface area (Å²) < 4.78 is 0. The molecule has 1 aromatic heterocycles. The first kappa shape index (κ1) is 12.0. The first-order valence-electron chi connectivity index (χ1n) is 4.66. The second kappa shape index (κ2) is 5.14. The number of aliphatic hydroxyl groups is 1. The van der Waals surface area contributed by atoms with E-state index in [9.17, 15) is 4.79 Å². The van der Waals surface area contributed by atoms with Crippen LogP contribution in [0.5, 0.6) is 0 Å². The summed E-state index contributed by atoms with van der Waals surface area (Å²) in [6, 6.07) is -0.170. The van der Waals surface area contributed by atoms with Gasteiger partial charge in [0.1, 0.15) is 5.02 Å². The number of hydrogen-bond acceptors (Lipinski definition) is 4. The molecule has 0 unspecified atom stereocenters. The molecule has 0 amide bonds. The topological polar surface area (TPSA) is 78.0 Å². The molecule has 0 aliphatic heterocycles. The number of nitrogens with zero attached hydrogens (tertiary/aromatic N) is 1. The average molecular weight is 232 g/mol. The molecule has 84 valence electrons.